The Labute approximate surface area is 201 Å². The third-order valence-electron chi connectivity index (χ3n) is 6.28. The highest BCUT2D eigenvalue weighted by Crippen LogP contribution is 2.24. The van der Waals surface area contributed by atoms with Crippen molar-refractivity contribution >= 4 is 17.7 Å². The highest BCUT2D eigenvalue weighted by molar-refractivity contribution is 5.98. The Morgan fingerprint density at radius 3 is 2.26 bits per heavy atom. The van der Waals surface area contributed by atoms with Gasteiger partial charge >= 0.3 is 0 Å². The Balaban J connectivity index is 1.68. The molecule has 182 valence electrons. The molecule has 7 heteroatoms. The first-order chi connectivity index (χ1) is 16.3. The number of rotatable bonds is 8. The number of nitrogens with one attached hydrogen (secondary N) is 2. The molecule has 1 aliphatic rings. The number of ether oxygens (including phenoxy) is 1. The normalized spacial score (nSPS) is 15.0. The Morgan fingerprint density at radius 2 is 1.68 bits per heavy atom. The third-order valence-corrected chi connectivity index (χ3v) is 6.28. The van der Waals surface area contributed by atoms with Gasteiger partial charge in [0.05, 0.1) is 7.11 Å². The molecule has 1 fully saturated rings. The molecule has 0 aromatic heterocycles. The highest BCUT2D eigenvalue weighted by Gasteiger charge is 2.34. The summed E-state index contributed by atoms with van der Waals surface area (Å²) < 4.78 is 5.17. The number of hydrogen-bond donors (Lipinski definition) is 2. The number of hydrogen-bond acceptors (Lipinski definition) is 4. The van der Waals surface area contributed by atoms with Crippen molar-refractivity contribution in [3.05, 3.63) is 65.2 Å². The largest absolute Gasteiger partial charge is 0.497 e. The lowest BCUT2D eigenvalue weighted by Crippen LogP contribution is -2.54. The highest BCUT2D eigenvalue weighted by atomic mass is 16.5. The first-order valence-electron chi connectivity index (χ1n) is 11.9. The predicted octanol–water partition coefficient (Wildman–Crippen LogP) is 3.43. The Kier molecular flexibility index (Phi) is 8.68. The predicted molar refractivity (Wildman–Crippen MR) is 132 cm³/mol. The van der Waals surface area contributed by atoms with Crippen molar-refractivity contribution in [1.82, 2.24) is 15.5 Å². The Morgan fingerprint density at radius 1 is 1.03 bits per heavy atom. The summed E-state index contributed by atoms with van der Waals surface area (Å²) >= 11 is 0. The fraction of sp³-hybridized carbons (Fsp3) is 0.444. The number of likely N-dealkylation sites (tertiary alicyclic amines) is 1. The van der Waals surface area contributed by atoms with E-state index in [9.17, 15) is 14.4 Å². The van der Waals surface area contributed by atoms with Gasteiger partial charge in [-0.15, -0.1) is 0 Å². The lowest BCUT2D eigenvalue weighted by molar-refractivity contribution is -0.124. The first-order valence-corrected chi connectivity index (χ1v) is 11.9. The quantitative estimate of drug-likeness (QED) is 0.625. The second kappa shape index (κ2) is 11.7. The van der Waals surface area contributed by atoms with Gasteiger partial charge in [0, 0.05) is 30.8 Å². The van der Waals surface area contributed by atoms with E-state index in [-0.39, 0.29) is 23.6 Å². The van der Waals surface area contributed by atoms with Crippen LogP contribution in [0.3, 0.4) is 0 Å². The number of methoxy groups -OCH3 is 1. The maximum absolute atomic E-state index is 13.1. The number of carbonyl (C=O) groups is 3. The van der Waals surface area contributed by atoms with Crippen molar-refractivity contribution in [3.63, 3.8) is 0 Å². The fourth-order valence-corrected chi connectivity index (χ4v) is 4.21. The van der Waals surface area contributed by atoms with E-state index in [1.165, 1.54) is 0 Å². The minimum Gasteiger partial charge on any atom is -0.497 e. The molecule has 0 saturated carbocycles. The number of aryl methyl sites for hydroxylation is 1. The van der Waals surface area contributed by atoms with E-state index in [4.69, 9.17) is 4.74 Å². The lowest BCUT2D eigenvalue weighted by Gasteiger charge is -2.36. The number of piperidine rings is 1. The molecule has 0 bridgehead atoms. The lowest BCUT2D eigenvalue weighted by atomic mass is 9.88. The molecule has 0 radical (unpaired) electrons. The first kappa shape index (κ1) is 25.3. The number of amides is 3. The van der Waals surface area contributed by atoms with Crippen LogP contribution < -0.4 is 15.4 Å². The van der Waals surface area contributed by atoms with Gasteiger partial charge in [0.15, 0.2) is 0 Å². The van der Waals surface area contributed by atoms with Crippen molar-refractivity contribution in [2.45, 2.75) is 39.7 Å². The molecule has 0 aliphatic carbocycles. The van der Waals surface area contributed by atoms with Crippen LogP contribution in [0.5, 0.6) is 5.75 Å². The average Bonchev–Trinajstić information content (AvgIpc) is 2.85. The summed E-state index contributed by atoms with van der Waals surface area (Å²) in [6.07, 6.45) is 1.27. The molecule has 1 heterocycles. The molecule has 7 nitrogen and oxygen atoms in total. The second-order valence-electron chi connectivity index (χ2n) is 9.26. The van der Waals surface area contributed by atoms with Gasteiger partial charge in [0.25, 0.3) is 11.8 Å². The SMILES string of the molecule is COc1ccc(C(=O)N2CCC([C@@H](NC(=O)c3ccccc3C)C(=O)NCC(C)C)CC2)cc1. The van der Waals surface area contributed by atoms with Gasteiger partial charge < -0.3 is 20.3 Å². The van der Waals surface area contributed by atoms with Crippen molar-refractivity contribution in [2.24, 2.45) is 11.8 Å². The molecule has 1 atom stereocenters. The van der Waals surface area contributed by atoms with Crippen molar-refractivity contribution in [1.29, 1.82) is 0 Å². The van der Waals surface area contributed by atoms with Crippen LogP contribution >= 0.6 is 0 Å². The molecule has 3 amide bonds. The summed E-state index contributed by atoms with van der Waals surface area (Å²) in [5.41, 5.74) is 2.04. The van der Waals surface area contributed by atoms with Gasteiger partial charge in [0.2, 0.25) is 5.91 Å². The van der Waals surface area contributed by atoms with E-state index in [0.717, 1.165) is 5.56 Å². The van der Waals surface area contributed by atoms with Gasteiger partial charge in [-0.2, -0.15) is 0 Å². The standard InChI is InChI=1S/C27H35N3O4/c1-18(2)17-28-26(32)24(29-25(31)23-8-6-5-7-19(23)3)20-13-15-30(16-14-20)27(33)21-9-11-22(34-4)12-10-21/h5-12,18,20,24H,13-17H2,1-4H3,(H,28,32)(H,29,31)/t24-/m1/s1. The summed E-state index contributed by atoms with van der Waals surface area (Å²) in [4.78, 5) is 40.8. The van der Waals surface area contributed by atoms with Crippen LogP contribution in [-0.2, 0) is 4.79 Å². The molecular weight excluding hydrogens is 430 g/mol. The molecule has 2 N–H and O–H groups in total. The van der Waals surface area contributed by atoms with Crippen LogP contribution in [-0.4, -0.2) is 55.4 Å². The van der Waals surface area contributed by atoms with E-state index in [0.29, 0.717) is 55.3 Å². The summed E-state index contributed by atoms with van der Waals surface area (Å²) in [5, 5.41) is 5.96. The smallest absolute Gasteiger partial charge is 0.253 e. The van der Waals surface area contributed by atoms with Gasteiger partial charge in [-0.3, -0.25) is 14.4 Å². The zero-order chi connectivity index (χ0) is 24.7. The number of carbonyl (C=O) groups excluding carboxylic acids is 3. The molecule has 1 saturated heterocycles. The summed E-state index contributed by atoms with van der Waals surface area (Å²) in [6, 6.07) is 13.8. The minimum atomic E-state index is -0.649. The molecule has 2 aromatic carbocycles. The van der Waals surface area contributed by atoms with Crippen LogP contribution in [0.4, 0.5) is 0 Å². The molecule has 1 aliphatic heterocycles. The molecule has 3 rings (SSSR count). The van der Waals surface area contributed by atoms with Crippen molar-refractivity contribution in [2.75, 3.05) is 26.7 Å². The minimum absolute atomic E-state index is 0.0362. The van der Waals surface area contributed by atoms with E-state index >= 15 is 0 Å². The number of benzene rings is 2. The van der Waals surface area contributed by atoms with Gasteiger partial charge in [0.1, 0.15) is 11.8 Å². The van der Waals surface area contributed by atoms with Crippen LogP contribution in [0.25, 0.3) is 0 Å². The fourth-order valence-electron chi connectivity index (χ4n) is 4.21. The van der Waals surface area contributed by atoms with Gasteiger partial charge in [-0.25, -0.2) is 0 Å². The zero-order valence-corrected chi connectivity index (χ0v) is 20.5. The van der Waals surface area contributed by atoms with E-state index < -0.39 is 6.04 Å². The molecule has 2 aromatic rings. The molecule has 0 unspecified atom stereocenters. The van der Waals surface area contributed by atoms with Crippen LogP contribution in [0, 0.1) is 18.8 Å². The molecule has 0 spiro atoms. The zero-order valence-electron chi connectivity index (χ0n) is 20.5. The third kappa shape index (κ3) is 6.37. The summed E-state index contributed by atoms with van der Waals surface area (Å²) in [5.74, 6) is 0.497. The van der Waals surface area contributed by atoms with Gasteiger partial charge in [-0.05, 0) is 67.5 Å². The van der Waals surface area contributed by atoms with Crippen molar-refractivity contribution in [3.8, 4) is 5.75 Å². The Hall–Kier alpha value is -3.35. The second-order valence-corrected chi connectivity index (χ2v) is 9.26. The monoisotopic (exact) mass is 465 g/mol. The van der Waals surface area contributed by atoms with Crippen LogP contribution in [0.2, 0.25) is 0 Å². The van der Waals surface area contributed by atoms with Crippen LogP contribution in [0.1, 0.15) is 53.0 Å². The molecule has 34 heavy (non-hydrogen) atoms. The van der Waals surface area contributed by atoms with Crippen LogP contribution in [0.15, 0.2) is 48.5 Å². The average molecular weight is 466 g/mol. The summed E-state index contributed by atoms with van der Waals surface area (Å²) in [6.45, 7) is 7.55. The Bertz CT molecular complexity index is 995. The van der Waals surface area contributed by atoms with Crippen molar-refractivity contribution < 1.29 is 19.1 Å². The topological polar surface area (TPSA) is 87.7 Å². The molecular formula is C27H35N3O4. The van der Waals surface area contributed by atoms with E-state index in [2.05, 4.69) is 10.6 Å². The van der Waals surface area contributed by atoms with E-state index in [1.54, 1.807) is 37.4 Å². The maximum Gasteiger partial charge on any atom is 0.253 e. The van der Waals surface area contributed by atoms with Gasteiger partial charge in [-0.1, -0.05) is 32.0 Å². The maximum atomic E-state index is 13.1. The van der Waals surface area contributed by atoms with E-state index in [1.807, 2.05) is 43.9 Å². The number of nitrogens with zero attached hydrogens (tertiary/aromatic N) is 1. The summed E-state index contributed by atoms with van der Waals surface area (Å²) in [7, 11) is 1.59.